The van der Waals surface area contributed by atoms with Gasteiger partial charge in [0.25, 0.3) is 0 Å². The Morgan fingerprint density at radius 3 is 2.76 bits per heavy atom. The van der Waals surface area contributed by atoms with E-state index in [9.17, 15) is 0 Å². The molecule has 1 aliphatic carbocycles. The summed E-state index contributed by atoms with van der Waals surface area (Å²) in [6.07, 6.45) is 3.88. The minimum Gasteiger partial charge on any atom is -0.292 e. The standard InChI is InChI=1S/C19H20ClN/c20-16-8-9-17-15-7-4-10-21(19(11-15)18(17)12-16)13-14-5-2-1-3-6-14/h1-3,5-6,8-9,12,15,19H,4,7,10-11,13H2/t15-,19+/m0/s1. The third kappa shape index (κ3) is 2.49. The van der Waals surface area contributed by atoms with Crippen LogP contribution in [-0.2, 0) is 6.54 Å². The molecule has 2 atom stereocenters. The molecule has 1 saturated heterocycles. The monoisotopic (exact) mass is 297 g/mol. The van der Waals surface area contributed by atoms with Crippen molar-refractivity contribution in [1.29, 1.82) is 0 Å². The minimum atomic E-state index is 0.548. The van der Waals surface area contributed by atoms with Crippen molar-refractivity contribution in [2.45, 2.75) is 37.8 Å². The Bertz CT molecular complexity index is 637. The van der Waals surface area contributed by atoms with Crippen LogP contribution in [0, 0.1) is 0 Å². The van der Waals surface area contributed by atoms with Gasteiger partial charge in [0.05, 0.1) is 0 Å². The molecule has 1 heterocycles. The minimum absolute atomic E-state index is 0.548. The number of halogens is 1. The lowest BCUT2D eigenvalue weighted by Crippen LogP contribution is -2.27. The molecule has 108 valence electrons. The van der Waals surface area contributed by atoms with Crippen molar-refractivity contribution in [3.8, 4) is 0 Å². The summed E-state index contributed by atoms with van der Waals surface area (Å²) in [4.78, 5) is 2.65. The number of hydrogen-bond acceptors (Lipinski definition) is 1. The maximum Gasteiger partial charge on any atom is 0.0409 e. The second-order valence-corrected chi connectivity index (χ2v) is 6.76. The topological polar surface area (TPSA) is 3.24 Å². The predicted molar refractivity (Wildman–Crippen MR) is 87.6 cm³/mol. The summed E-state index contributed by atoms with van der Waals surface area (Å²) in [5.41, 5.74) is 4.43. The van der Waals surface area contributed by atoms with Gasteiger partial charge in [-0.1, -0.05) is 48.0 Å². The van der Waals surface area contributed by atoms with E-state index in [4.69, 9.17) is 11.6 Å². The Morgan fingerprint density at radius 1 is 1.05 bits per heavy atom. The normalized spacial score (nSPS) is 24.6. The average molecular weight is 298 g/mol. The van der Waals surface area contributed by atoms with Crippen LogP contribution in [0.1, 0.15) is 47.9 Å². The number of hydrogen-bond donors (Lipinski definition) is 0. The predicted octanol–water partition coefficient (Wildman–Crippen LogP) is 5.16. The maximum atomic E-state index is 6.24. The highest BCUT2D eigenvalue weighted by molar-refractivity contribution is 6.30. The van der Waals surface area contributed by atoms with E-state index in [-0.39, 0.29) is 0 Å². The number of benzene rings is 2. The zero-order valence-corrected chi connectivity index (χ0v) is 12.9. The summed E-state index contributed by atoms with van der Waals surface area (Å²) in [5, 5.41) is 0.875. The Labute approximate surface area is 131 Å². The fourth-order valence-corrected chi connectivity index (χ4v) is 4.23. The molecular formula is C19H20ClN. The highest BCUT2D eigenvalue weighted by Crippen LogP contribution is 2.48. The van der Waals surface area contributed by atoms with Gasteiger partial charge >= 0.3 is 0 Å². The Kier molecular flexibility index (Phi) is 3.48. The average Bonchev–Trinajstić information content (AvgIpc) is 2.71. The van der Waals surface area contributed by atoms with Gasteiger partial charge in [-0.25, -0.2) is 0 Å². The molecule has 0 saturated carbocycles. The Morgan fingerprint density at radius 2 is 1.90 bits per heavy atom. The molecular weight excluding hydrogens is 278 g/mol. The first-order valence-corrected chi connectivity index (χ1v) is 8.26. The van der Waals surface area contributed by atoms with Gasteiger partial charge in [-0.3, -0.25) is 4.90 Å². The van der Waals surface area contributed by atoms with Crippen LogP contribution in [-0.4, -0.2) is 11.4 Å². The Hall–Kier alpha value is -1.31. The number of fused-ring (bicyclic) bond motifs is 5. The first kappa shape index (κ1) is 13.4. The van der Waals surface area contributed by atoms with Gasteiger partial charge < -0.3 is 0 Å². The van der Waals surface area contributed by atoms with Gasteiger partial charge in [-0.05, 0) is 60.5 Å². The quantitative estimate of drug-likeness (QED) is 0.739. The van der Waals surface area contributed by atoms with Crippen LogP contribution < -0.4 is 0 Å². The summed E-state index contributed by atoms with van der Waals surface area (Å²) in [5.74, 6) is 0.739. The zero-order valence-electron chi connectivity index (χ0n) is 12.1. The summed E-state index contributed by atoms with van der Waals surface area (Å²) < 4.78 is 0. The summed E-state index contributed by atoms with van der Waals surface area (Å²) in [7, 11) is 0. The fraction of sp³-hybridized carbons (Fsp3) is 0.368. The van der Waals surface area contributed by atoms with Gasteiger partial charge in [-0.2, -0.15) is 0 Å². The van der Waals surface area contributed by atoms with Crippen molar-refractivity contribution in [2.75, 3.05) is 6.54 Å². The van der Waals surface area contributed by atoms with E-state index in [1.807, 2.05) is 0 Å². The van der Waals surface area contributed by atoms with Crippen molar-refractivity contribution in [1.82, 2.24) is 4.90 Å². The van der Waals surface area contributed by atoms with E-state index in [1.54, 1.807) is 5.56 Å². The molecule has 2 aliphatic rings. The molecule has 2 bridgehead atoms. The van der Waals surface area contributed by atoms with Gasteiger partial charge in [-0.15, -0.1) is 0 Å². The van der Waals surface area contributed by atoms with Crippen LogP contribution in [0.2, 0.25) is 5.02 Å². The van der Waals surface area contributed by atoms with Gasteiger partial charge in [0.15, 0.2) is 0 Å². The number of rotatable bonds is 2. The first-order valence-electron chi connectivity index (χ1n) is 7.88. The van der Waals surface area contributed by atoms with Crippen molar-refractivity contribution in [3.05, 3.63) is 70.2 Å². The van der Waals surface area contributed by atoms with Crippen molar-refractivity contribution >= 4 is 11.6 Å². The third-order valence-corrected chi connectivity index (χ3v) is 5.26. The zero-order chi connectivity index (χ0) is 14.2. The lowest BCUT2D eigenvalue weighted by molar-refractivity contribution is 0.197. The van der Waals surface area contributed by atoms with Gasteiger partial charge in [0.1, 0.15) is 0 Å². The molecule has 2 heteroatoms. The number of likely N-dealkylation sites (tertiary alicyclic amines) is 1. The molecule has 1 fully saturated rings. The molecule has 1 nitrogen and oxygen atoms in total. The molecule has 21 heavy (non-hydrogen) atoms. The second-order valence-electron chi connectivity index (χ2n) is 6.32. The van der Waals surface area contributed by atoms with Crippen LogP contribution in [0.3, 0.4) is 0 Å². The van der Waals surface area contributed by atoms with E-state index < -0.39 is 0 Å². The van der Waals surface area contributed by atoms with Crippen LogP contribution >= 0.6 is 11.6 Å². The van der Waals surface area contributed by atoms with Gasteiger partial charge in [0, 0.05) is 17.6 Å². The van der Waals surface area contributed by atoms with Crippen molar-refractivity contribution < 1.29 is 0 Å². The van der Waals surface area contributed by atoms with Crippen LogP contribution in [0.25, 0.3) is 0 Å². The lowest BCUT2D eigenvalue weighted by atomic mass is 9.96. The van der Waals surface area contributed by atoms with E-state index in [1.165, 1.54) is 36.9 Å². The van der Waals surface area contributed by atoms with Crippen LogP contribution in [0.5, 0.6) is 0 Å². The smallest absolute Gasteiger partial charge is 0.0409 e. The summed E-state index contributed by atoms with van der Waals surface area (Å²) in [6, 6.07) is 17.9. The van der Waals surface area contributed by atoms with Crippen LogP contribution in [0.15, 0.2) is 48.5 Å². The van der Waals surface area contributed by atoms with Crippen LogP contribution in [0.4, 0.5) is 0 Å². The number of nitrogens with zero attached hydrogens (tertiary/aromatic N) is 1. The van der Waals surface area contributed by atoms with Crippen molar-refractivity contribution in [2.24, 2.45) is 0 Å². The van der Waals surface area contributed by atoms with E-state index >= 15 is 0 Å². The summed E-state index contributed by atoms with van der Waals surface area (Å²) >= 11 is 6.24. The van der Waals surface area contributed by atoms with E-state index in [0.717, 1.165) is 17.5 Å². The maximum absolute atomic E-state index is 6.24. The molecule has 0 amide bonds. The molecule has 0 aromatic heterocycles. The highest BCUT2D eigenvalue weighted by Gasteiger charge is 2.36. The fourth-order valence-electron chi connectivity index (χ4n) is 4.05. The third-order valence-electron chi connectivity index (χ3n) is 5.02. The van der Waals surface area contributed by atoms with Gasteiger partial charge in [0.2, 0.25) is 0 Å². The molecule has 2 aromatic rings. The second kappa shape index (κ2) is 5.47. The molecule has 2 aromatic carbocycles. The molecule has 0 N–H and O–H groups in total. The molecule has 0 radical (unpaired) electrons. The molecule has 0 spiro atoms. The van der Waals surface area contributed by atoms with E-state index in [0.29, 0.717) is 6.04 Å². The molecule has 1 aliphatic heterocycles. The lowest BCUT2D eigenvalue weighted by Gasteiger charge is -2.29. The first-order chi connectivity index (χ1) is 10.3. The SMILES string of the molecule is Clc1ccc2c(c1)[C@H]1C[C@@H]2CCCN1Cc1ccccc1. The summed E-state index contributed by atoms with van der Waals surface area (Å²) in [6.45, 7) is 2.24. The highest BCUT2D eigenvalue weighted by atomic mass is 35.5. The van der Waals surface area contributed by atoms with E-state index in [2.05, 4.69) is 53.4 Å². The molecule has 0 unspecified atom stereocenters. The Balaban J connectivity index is 1.67. The van der Waals surface area contributed by atoms with Crippen molar-refractivity contribution in [3.63, 3.8) is 0 Å². The molecule has 4 rings (SSSR count). The largest absolute Gasteiger partial charge is 0.292 e.